The first-order valence-electron chi connectivity index (χ1n) is 5.78. The summed E-state index contributed by atoms with van der Waals surface area (Å²) in [6, 6.07) is 0. The van der Waals surface area contributed by atoms with E-state index in [4.69, 9.17) is 0 Å². The molecule has 0 aromatic rings. The van der Waals surface area contributed by atoms with E-state index in [9.17, 15) is 0 Å². The summed E-state index contributed by atoms with van der Waals surface area (Å²) in [6.07, 6.45) is 10.0. The van der Waals surface area contributed by atoms with Crippen LogP contribution in [0.3, 0.4) is 0 Å². The van der Waals surface area contributed by atoms with Crippen molar-refractivity contribution in [2.75, 3.05) is 6.54 Å². The summed E-state index contributed by atoms with van der Waals surface area (Å²) in [6.45, 7) is 9.93. The second-order valence-corrected chi connectivity index (χ2v) is 4.09. The molecule has 0 unspecified atom stereocenters. The lowest BCUT2D eigenvalue weighted by Crippen LogP contribution is -2.12. The summed E-state index contributed by atoms with van der Waals surface area (Å²) < 4.78 is 0. The highest BCUT2D eigenvalue weighted by Gasteiger charge is 1.89. The predicted molar refractivity (Wildman–Crippen MR) is 65.3 cm³/mol. The molecule has 0 atom stereocenters. The van der Waals surface area contributed by atoms with Gasteiger partial charge in [-0.05, 0) is 31.0 Å². The second-order valence-electron chi connectivity index (χ2n) is 4.09. The van der Waals surface area contributed by atoms with Gasteiger partial charge in [-0.3, -0.25) is 0 Å². The van der Waals surface area contributed by atoms with Gasteiger partial charge in [0.2, 0.25) is 0 Å². The van der Waals surface area contributed by atoms with Gasteiger partial charge in [0.05, 0.1) is 0 Å². The number of allylic oxidation sites excluding steroid dienone is 3. The molecule has 0 aliphatic rings. The van der Waals surface area contributed by atoms with Crippen molar-refractivity contribution in [1.29, 1.82) is 0 Å². The van der Waals surface area contributed by atoms with E-state index in [1.807, 2.05) is 6.20 Å². The number of hydrogen-bond donors (Lipinski definition) is 1. The van der Waals surface area contributed by atoms with E-state index in [0.29, 0.717) is 5.92 Å². The minimum Gasteiger partial charge on any atom is -0.391 e. The van der Waals surface area contributed by atoms with Crippen molar-refractivity contribution in [3.8, 4) is 0 Å². The third kappa shape index (κ3) is 7.90. The van der Waals surface area contributed by atoms with Gasteiger partial charge in [0.25, 0.3) is 0 Å². The smallest absolute Gasteiger partial charge is 0.0164 e. The van der Waals surface area contributed by atoms with Gasteiger partial charge in [0.1, 0.15) is 0 Å². The fraction of sp³-hybridized carbons (Fsp3) is 0.692. The standard InChI is InChI=1S/C13H25N/c1-5-8-13(6-2)9-7-10-14-11-12(3)4/h7,9-10,12,14H,5-6,8,11H2,1-4H3/b10-7-,13-9-. The summed E-state index contributed by atoms with van der Waals surface area (Å²) in [5, 5.41) is 3.28. The Morgan fingerprint density at radius 3 is 2.50 bits per heavy atom. The van der Waals surface area contributed by atoms with Crippen molar-refractivity contribution >= 4 is 0 Å². The van der Waals surface area contributed by atoms with Gasteiger partial charge in [-0.15, -0.1) is 0 Å². The third-order valence-electron chi connectivity index (χ3n) is 2.10. The molecule has 14 heavy (non-hydrogen) atoms. The second kappa shape index (κ2) is 8.86. The molecule has 0 aliphatic heterocycles. The first-order valence-corrected chi connectivity index (χ1v) is 5.78. The maximum atomic E-state index is 3.28. The van der Waals surface area contributed by atoms with E-state index in [2.05, 4.69) is 45.2 Å². The van der Waals surface area contributed by atoms with Crippen molar-refractivity contribution in [3.05, 3.63) is 23.9 Å². The normalized spacial score (nSPS) is 12.8. The Balaban J connectivity index is 3.74. The van der Waals surface area contributed by atoms with E-state index in [0.717, 1.165) is 6.54 Å². The van der Waals surface area contributed by atoms with Crippen molar-refractivity contribution in [2.24, 2.45) is 5.92 Å². The zero-order chi connectivity index (χ0) is 10.8. The Morgan fingerprint density at radius 1 is 1.29 bits per heavy atom. The minimum atomic E-state index is 0.713. The molecule has 0 aromatic carbocycles. The zero-order valence-corrected chi connectivity index (χ0v) is 10.1. The first-order chi connectivity index (χ1) is 6.70. The third-order valence-corrected chi connectivity index (χ3v) is 2.10. The summed E-state index contributed by atoms with van der Waals surface area (Å²) in [4.78, 5) is 0. The fourth-order valence-corrected chi connectivity index (χ4v) is 1.26. The molecule has 1 nitrogen and oxygen atoms in total. The number of nitrogens with one attached hydrogen (secondary N) is 1. The van der Waals surface area contributed by atoms with Crippen molar-refractivity contribution < 1.29 is 0 Å². The van der Waals surface area contributed by atoms with Crippen molar-refractivity contribution in [2.45, 2.75) is 47.0 Å². The molecule has 0 aliphatic carbocycles. The molecule has 0 amide bonds. The number of hydrogen-bond acceptors (Lipinski definition) is 1. The Hall–Kier alpha value is -0.720. The molecule has 1 N–H and O–H groups in total. The highest BCUT2D eigenvalue weighted by molar-refractivity contribution is 5.11. The van der Waals surface area contributed by atoms with Crippen LogP contribution in [0, 0.1) is 5.92 Å². The predicted octanol–water partition coefficient (Wildman–Crippen LogP) is 3.88. The van der Waals surface area contributed by atoms with Crippen molar-refractivity contribution in [3.63, 3.8) is 0 Å². The molecule has 0 spiro atoms. The molecule has 0 fully saturated rings. The lowest BCUT2D eigenvalue weighted by molar-refractivity contribution is 0.611. The molecule has 82 valence electrons. The Labute approximate surface area is 89.3 Å². The van der Waals surface area contributed by atoms with E-state index in [1.54, 1.807) is 0 Å². The summed E-state index contributed by atoms with van der Waals surface area (Å²) in [7, 11) is 0. The summed E-state index contributed by atoms with van der Waals surface area (Å²) in [5.74, 6) is 0.713. The average molecular weight is 195 g/mol. The van der Waals surface area contributed by atoms with Crippen molar-refractivity contribution in [1.82, 2.24) is 5.32 Å². The molecule has 0 bridgehead atoms. The Morgan fingerprint density at radius 2 is 2.00 bits per heavy atom. The Kier molecular flexibility index (Phi) is 8.40. The monoisotopic (exact) mass is 195 g/mol. The van der Waals surface area contributed by atoms with Gasteiger partial charge in [-0.25, -0.2) is 0 Å². The summed E-state index contributed by atoms with van der Waals surface area (Å²) >= 11 is 0. The fourth-order valence-electron chi connectivity index (χ4n) is 1.26. The van der Waals surface area contributed by atoms with Gasteiger partial charge in [-0.1, -0.05) is 45.8 Å². The number of rotatable bonds is 7. The highest BCUT2D eigenvalue weighted by Crippen LogP contribution is 2.08. The highest BCUT2D eigenvalue weighted by atomic mass is 14.8. The van der Waals surface area contributed by atoms with Gasteiger partial charge in [0.15, 0.2) is 0 Å². The topological polar surface area (TPSA) is 12.0 Å². The largest absolute Gasteiger partial charge is 0.391 e. The van der Waals surface area contributed by atoms with Gasteiger partial charge in [-0.2, -0.15) is 0 Å². The van der Waals surface area contributed by atoms with Crippen LogP contribution in [-0.4, -0.2) is 6.54 Å². The molecule has 1 heteroatoms. The van der Waals surface area contributed by atoms with Crippen LogP contribution >= 0.6 is 0 Å². The van der Waals surface area contributed by atoms with Crippen LogP contribution in [0.5, 0.6) is 0 Å². The molecule has 0 radical (unpaired) electrons. The zero-order valence-electron chi connectivity index (χ0n) is 10.1. The van der Waals surface area contributed by atoms with Crippen LogP contribution < -0.4 is 5.32 Å². The molecular weight excluding hydrogens is 170 g/mol. The van der Waals surface area contributed by atoms with Gasteiger partial charge >= 0.3 is 0 Å². The SMILES string of the molecule is CCC/C(=C\C=C/NCC(C)C)CC. The molecule has 0 heterocycles. The summed E-state index contributed by atoms with van der Waals surface area (Å²) in [5.41, 5.74) is 1.54. The minimum absolute atomic E-state index is 0.713. The lowest BCUT2D eigenvalue weighted by atomic mass is 10.1. The van der Waals surface area contributed by atoms with Crippen LogP contribution in [0.25, 0.3) is 0 Å². The Bertz CT molecular complexity index is 178. The molecule has 0 aromatic heterocycles. The van der Waals surface area contributed by atoms with Crippen LogP contribution in [0.1, 0.15) is 47.0 Å². The van der Waals surface area contributed by atoms with Gasteiger partial charge in [0, 0.05) is 6.54 Å². The van der Waals surface area contributed by atoms with Gasteiger partial charge < -0.3 is 5.32 Å². The maximum Gasteiger partial charge on any atom is 0.0164 e. The average Bonchev–Trinajstić information content (AvgIpc) is 2.15. The van der Waals surface area contributed by atoms with E-state index >= 15 is 0 Å². The van der Waals surface area contributed by atoms with E-state index in [1.165, 1.54) is 24.8 Å². The van der Waals surface area contributed by atoms with Crippen LogP contribution in [0.15, 0.2) is 23.9 Å². The molecule has 0 saturated carbocycles. The van der Waals surface area contributed by atoms with Crippen LogP contribution in [0.2, 0.25) is 0 Å². The first kappa shape index (κ1) is 13.3. The van der Waals surface area contributed by atoms with E-state index in [-0.39, 0.29) is 0 Å². The lowest BCUT2D eigenvalue weighted by Gasteiger charge is -2.03. The molecule has 0 rings (SSSR count). The van der Waals surface area contributed by atoms with Crippen LogP contribution in [0.4, 0.5) is 0 Å². The molecule has 0 saturated heterocycles. The molecular formula is C13H25N. The van der Waals surface area contributed by atoms with E-state index < -0.39 is 0 Å². The van der Waals surface area contributed by atoms with Crippen LogP contribution in [-0.2, 0) is 0 Å². The maximum absolute atomic E-state index is 3.28. The quantitative estimate of drug-likeness (QED) is 0.608.